The van der Waals surface area contributed by atoms with Crippen molar-refractivity contribution in [2.45, 2.75) is 0 Å². The van der Waals surface area contributed by atoms with Gasteiger partial charge in [-0.05, 0) is 17.5 Å². The summed E-state index contributed by atoms with van der Waals surface area (Å²) in [4.78, 5) is 20.5. The Morgan fingerprint density at radius 2 is 2.27 bits per heavy atom. The van der Waals surface area contributed by atoms with Gasteiger partial charge in [-0.1, -0.05) is 0 Å². The van der Waals surface area contributed by atoms with Crippen LogP contribution < -0.4 is 5.32 Å². The average Bonchev–Trinajstić information content (AvgIpc) is 2.39. The Morgan fingerprint density at radius 3 is 2.73 bits per heavy atom. The third-order valence-corrected chi connectivity index (χ3v) is 1.74. The molecule has 0 saturated carbocycles. The number of rotatable bonds is 1. The first-order valence-electron chi connectivity index (χ1n) is 2.78. The third-order valence-electron chi connectivity index (χ3n) is 0.952. The summed E-state index contributed by atoms with van der Waals surface area (Å²) in [5, 5.41) is 12.7. The van der Waals surface area contributed by atoms with E-state index in [4.69, 9.17) is 5.11 Å². The summed E-state index contributed by atoms with van der Waals surface area (Å²) in [6.07, 6.45) is 0. The highest BCUT2D eigenvalue weighted by atomic mass is 32.1. The second-order valence-corrected chi connectivity index (χ2v) is 2.68. The molecule has 1 aromatic rings. The van der Waals surface area contributed by atoms with Crippen molar-refractivity contribution < 1.29 is 14.7 Å². The van der Waals surface area contributed by atoms with E-state index in [9.17, 15) is 9.59 Å². The Balaban J connectivity index is 2.57. The number of thiophene rings is 1. The fraction of sp³-hybridized carbons (Fsp3) is 0. The number of carboxylic acid groups (broad SMARTS) is 1. The quantitative estimate of drug-likeness (QED) is 0.613. The van der Waals surface area contributed by atoms with Crippen molar-refractivity contribution in [1.29, 1.82) is 0 Å². The Labute approximate surface area is 66.5 Å². The molecule has 0 aliphatic heterocycles. The van der Waals surface area contributed by atoms with Crippen LogP contribution in [-0.2, 0) is 9.59 Å². The second-order valence-electron chi connectivity index (χ2n) is 1.74. The van der Waals surface area contributed by atoms with Crippen LogP contribution in [0.1, 0.15) is 0 Å². The molecule has 2 N–H and O–H groups in total. The molecule has 0 saturated heterocycles. The van der Waals surface area contributed by atoms with Gasteiger partial charge in [0, 0.05) is 0 Å². The lowest BCUT2D eigenvalue weighted by Gasteiger charge is -1.94. The standard InChI is InChI=1S/C6H5NO3S/c8-5(6(9)10)7-4-2-1-3-11-4/h1-3H,(H,7,8)(H,9,10). The van der Waals surface area contributed by atoms with E-state index in [0.29, 0.717) is 5.00 Å². The van der Waals surface area contributed by atoms with Gasteiger partial charge in [0.25, 0.3) is 0 Å². The number of hydrogen-bond acceptors (Lipinski definition) is 3. The lowest BCUT2D eigenvalue weighted by molar-refractivity contribution is -0.147. The first kappa shape index (κ1) is 7.74. The Hall–Kier alpha value is -1.36. The molecule has 0 aromatic carbocycles. The van der Waals surface area contributed by atoms with Gasteiger partial charge in [0.1, 0.15) is 0 Å². The summed E-state index contributed by atoms with van der Waals surface area (Å²) >= 11 is 1.27. The lowest BCUT2D eigenvalue weighted by atomic mass is 10.5. The lowest BCUT2D eigenvalue weighted by Crippen LogP contribution is -2.21. The Kier molecular flexibility index (Phi) is 2.22. The first-order valence-corrected chi connectivity index (χ1v) is 3.66. The molecular formula is C6H5NO3S. The minimum Gasteiger partial charge on any atom is -0.474 e. The molecule has 0 radical (unpaired) electrons. The number of nitrogens with one attached hydrogen (secondary N) is 1. The first-order chi connectivity index (χ1) is 5.20. The number of carboxylic acids is 1. The van der Waals surface area contributed by atoms with Gasteiger partial charge in [-0.15, -0.1) is 11.3 Å². The number of carbonyl (C=O) groups is 2. The molecule has 1 rings (SSSR count). The van der Waals surface area contributed by atoms with Gasteiger partial charge < -0.3 is 10.4 Å². The van der Waals surface area contributed by atoms with Gasteiger partial charge in [-0.2, -0.15) is 0 Å². The summed E-state index contributed by atoms with van der Waals surface area (Å²) in [6, 6.07) is 3.35. The smallest absolute Gasteiger partial charge is 0.394 e. The fourth-order valence-corrected chi connectivity index (χ4v) is 1.13. The summed E-state index contributed by atoms with van der Waals surface area (Å²) in [5.41, 5.74) is 0. The van der Waals surface area contributed by atoms with Crippen molar-refractivity contribution in [3.63, 3.8) is 0 Å². The van der Waals surface area contributed by atoms with E-state index in [0.717, 1.165) is 0 Å². The van der Waals surface area contributed by atoms with Crippen molar-refractivity contribution in [3.05, 3.63) is 17.5 Å². The van der Waals surface area contributed by atoms with Crippen LogP contribution >= 0.6 is 11.3 Å². The number of aliphatic carboxylic acids is 1. The van der Waals surface area contributed by atoms with Crippen molar-refractivity contribution in [3.8, 4) is 0 Å². The molecule has 11 heavy (non-hydrogen) atoms. The number of hydrogen-bond donors (Lipinski definition) is 2. The van der Waals surface area contributed by atoms with Crippen molar-refractivity contribution in [1.82, 2.24) is 0 Å². The number of anilines is 1. The van der Waals surface area contributed by atoms with E-state index in [-0.39, 0.29) is 0 Å². The van der Waals surface area contributed by atoms with Crippen LogP contribution in [0.4, 0.5) is 5.00 Å². The van der Waals surface area contributed by atoms with E-state index in [1.807, 2.05) is 0 Å². The van der Waals surface area contributed by atoms with Crippen LogP contribution in [-0.4, -0.2) is 17.0 Å². The molecule has 58 valence electrons. The topological polar surface area (TPSA) is 66.4 Å². The molecule has 4 nitrogen and oxygen atoms in total. The zero-order valence-corrected chi connectivity index (χ0v) is 6.22. The summed E-state index contributed by atoms with van der Waals surface area (Å²) in [7, 11) is 0. The maximum Gasteiger partial charge on any atom is 0.394 e. The van der Waals surface area contributed by atoms with Gasteiger partial charge in [0.15, 0.2) is 0 Å². The third kappa shape index (κ3) is 2.05. The normalized spacial score (nSPS) is 9.09. The highest BCUT2D eigenvalue weighted by Crippen LogP contribution is 2.14. The largest absolute Gasteiger partial charge is 0.474 e. The molecule has 5 heteroatoms. The molecule has 0 atom stereocenters. The molecule has 1 amide bonds. The minimum atomic E-state index is -1.47. The molecule has 0 spiro atoms. The second kappa shape index (κ2) is 3.16. The Bertz CT molecular complexity index is 267. The predicted molar refractivity (Wildman–Crippen MR) is 40.6 cm³/mol. The Morgan fingerprint density at radius 1 is 1.55 bits per heavy atom. The SMILES string of the molecule is O=C(O)C(=O)Nc1cccs1. The van der Waals surface area contributed by atoms with Crippen LogP contribution in [0.5, 0.6) is 0 Å². The van der Waals surface area contributed by atoms with Crippen LogP contribution in [0.2, 0.25) is 0 Å². The maximum atomic E-state index is 10.5. The van der Waals surface area contributed by atoms with Gasteiger partial charge in [0.05, 0.1) is 5.00 Å². The number of amides is 1. The molecule has 1 heterocycles. The van der Waals surface area contributed by atoms with Gasteiger partial charge in [0.2, 0.25) is 0 Å². The molecule has 0 fully saturated rings. The molecule has 0 unspecified atom stereocenters. The highest BCUT2D eigenvalue weighted by molar-refractivity contribution is 7.14. The molecule has 0 bridgehead atoms. The van der Waals surface area contributed by atoms with Crippen LogP contribution in [0.3, 0.4) is 0 Å². The van der Waals surface area contributed by atoms with Crippen molar-refractivity contribution in [2.24, 2.45) is 0 Å². The summed E-state index contributed by atoms with van der Waals surface area (Å²) < 4.78 is 0. The molecule has 1 aromatic heterocycles. The molecule has 0 aliphatic carbocycles. The monoisotopic (exact) mass is 171 g/mol. The van der Waals surface area contributed by atoms with Crippen molar-refractivity contribution >= 4 is 28.2 Å². The van der Waals surface area contributed by atoms with Crippen LogP contribution in [0.25, 0.3) is 0 Å². The average molecular weight is 171 g/mol. The molecule has 0 aliphatic rings. The zero-order chi connectivity index (χ0) is 8.27. The minimum absolute atomic E-state index is 0.539. The van der Waals surface area contributed by atoms with Gasteiger partial charge >= 0.3 is 11.9 Å². The maximum absolute atomic E-state index is 10.5. The van der Waals surface area contributed by atoms with Crippen LogP contribution in [0, 0.1) is 0 Å². The van der Waals surface area contributed by atoms with E-state index in [1.54, 1.807) is 17.5 Å². The van der Waals surface area contributed by atoms with Crippen molar-refractivity contribution in [2.75, 3.05) is 5.32 Å². The zero-order valence-electron chi connectivity index (χ0n) is 5.40. The van der Waals surface area contributed by atoms with E-state index in [1.165, 1.54) is 11.3 Å². The summed E-state index contributed by atoms with van der Waals surface area (Å²) in [6.45, 7) is 0. The summed E-state index contributed by atoms with van der Waals surface area (Å²) in [5.74, 6) is -2.48. The highest BCUT2D eigenvalue weighted by Gasteiger charge is 2.10. The van der Waals surface area contributed by atoms with E-state index in [2.05, 4.69) is 5.32 Å². The van der Waals surface area contributed by atoms with Gasteiger partial charge in [-0.25, -0.2) is 4.79 Å². The fourth-order valence-electron chi connectivity index (χ4n) is 0.515. The van der Waals surface area contributed by atoms with Crippen LogP contribution in [0.15, 0.2) is 17.5 Å². The molecular weight excluding hydrogens is 166 g/mol. The van der Waals surface area contributed by atoms with E-state index >= 15 is 0 Å². The number of carbonyl (C=O) groups excluding carboxylic acids is 1. The van der Waals surface area contributed by atoms with E-state index < -0.39 is 11.9 Å². The predicted octanol–water partition coefficient (Wildman–Crippen LogP) is 0.771. The van der Waals surface area contributed by atoms with Gasteiger partial charge in [-0.3, -0.25) is 4.79 Å².